The average molecular weight is 268 g/mol. The summed E-state index contributed by atoms with van der Waals surface area (Å²) in [5.41, 5.74) is -0.149. The van der Waals surface area contributed by atoms with E-state index in [1.807, 2.05) is 0 Å². The summed E-state index contributed by atoms with van der Waals surface area (Å²) in [4.78, 5) is 14.7. The normalized spacial score (nSPS) is 10.1. The first-order valence-corrected chi connectivity index (χ1v) is 5.27. The molecule has 0 aliphatic carbocycles. The van der Waals surface area contributed by atoms with E-state index in [1.54, 1.807) is 0 Å². The molecule has 4 nitrogen and oxygen atoms in total. The second-order valence-corrected chi connectivity index (χ2v) is 3.74. The van der Waals surface area contributed by atoms with E-state index >= 15 is 0 Å². The highest BCUT2D eigenvalue weighted by Crippen LogP contribution is 2.25. The van der Waals surface area contributed by atoms with Crippen LogP contribution < -0.4 is 4.74 Å². The molecule has 0 amide bonds. The van der Waals surface area contributed by atoms with E-state index in [0.717, 1.165) is 6.07 Å². The molecule has 1 N–H and O–H groups in total. The molecule has 0 radical (unpaired) electrons. The largest absolute Gasteiger partial charge is 0.477 e. The molecular formula is C12H7ClFNO3. The van der Waals surface area contributed by atoms with E-state index in [9.17, 15) is 9.18 Å². The van der Waals surface area contributed by atoms with Gasteiger partial charge in [0.25, 0.3) is 0 Å². The van der Waals surface area contributed by atoms with Crippen molar-refractivity contribution in [3.05, 3.63) is 52.9 Å². The van der Waals surface area contributed by atoms with Gasteiger partial charge in [-0.3, -0.25) is 0 Å². The third-order valence-corrected chi connectivity index (χ3v) is 2.28. The number of carboxylic acids is 1. The van der Waals surface area contributed by atoms with Crippen LogP contribution in [-0.2, 0) is 0 Å². The summed E-state index contributed by atoms with van der Waals surface area (Å²) < 4.78 is 18.2. The van der Waals surface area contributed by atoms with Crippen LogP contribution in [0.3, 0.4) is 0 Å². The molecule has 0 aliphatic heterocycles. The number of carboxylic acid groups (broad SMARTS) is 1. The van der Waals surface area contributed by atoms with Gasteiger partial charge in [0.2, 0.25) is 5.88 Å². The standard InChI is InChI=1S/C12H7ClFNO3/c13-10-5-4-9(12(16)17)11(15-10)18-8-3-1-2-7(14)6-8/h1-6H,(H,16,17). The Morgan fingerprint density at radius 2 is 2.11 bits per heavy atom. The Bertz CT molecular complexity index is 604. The van der Waals surface area contributed by atoms with Crippen molar-refractivity contribution in [3.8, 4) is 11.6 Å². The van der Waals surface area contributed by atoms with Crippen molar-refractivity contribution in [2.45, 2.75) is 0 Å². The van der Waals surface area contributed by atoms with Gasteiger partial charge in [-0.05, 0) is 24.3 Å². The van der Waals surface area contributed by atoms with Crippen LogP contribution in [0.5, 0.6) is 11.6 Å². The van der Waals surface area contributed by atoms with Gasteiger partial charge in [0.05, 0.1) is 0 Å². The number of halogens is 2. The predicted octanol–water partition coefficient (Wildman–Crippen LogP) is 3.36. The summed E-state index contributed by atoms with van der Waals surface area (Å²) in [6.45, 7) is 0. The number of ether oxygens (including phenoxy) is 1. The summed E-state index contributed by atoms with van der Waals surface area (Å²) in [7, 11) is 0. The van der Waals surface area contributed by atoms with Crippen LogP contribution in [0.1, 0.15) is 10.4 Å². The van der Waals surface area contributed by atoms with Crippen LogP contribution in [0, 0.1) is 5.82 Å². The van der Waals surface area contributed by atoms with Gasteiger partial charge in [-0.1, -0.05) is 17.7 Å². The first kappa shape index (κ1) is 12.3. The minimum atomic E-state index is -1.20. The Kier molecular flexibility index (Phi) is 3.43. The van der Waals surface area contributed by atoms with Crippen LogP contribution in [0.25, 0.3) is 0 Å². The highest BCUT2D eigenvalue weighted by molar-refractivity contribution is 6.29. The molecule has 1 aromatic heterocycles. The fraction of sp³-hybridized carbons (Fsp3) is 0. The van der Waals surface area contributed by atoms with Crippen molar-refractivity contribution in [1.29, 1.82) is 0 Å². The molecule has 6 heteroatoms. The van der Waals surface area contributed by atoms with Crippen molar-refractivity contribution in [1.82, 2.24) is 4.98 Å². The third-order valence-electron chi connectivity index (χ3n) is 2.07. The van der Waals surface area contributed by atoms with E-state index in [1.165, 1.54) is 30.3 Å². The van der Waals surface area contributed by atoms with Gasteiger partial charge in [-0.2, -0.15) is 0 Å². The molecule has 0 aliphatic rings. The second-order valence-electron chi connectivity index (χ2n) is 3.35. The maximum atomic E-state index is 13.0. The number of hydrogen-bond acceptors (Lipinski definition) is 3. The molecule has 0 saturated heterocycles. The molecule has 18 heavy (non-hydrogen) atoms. The topological polar surface area (TPSA) is 59.4 Å². The van der Waals surface area contributed by atoms with E-state index in [4.69, 9.17) is 21.4 Å². The number of hydrogen-bond donors (Lipinski definition) is 1. The smallest absolute Gasteiger partial charge is 0.341 e. The summed E-state index contributed by atoms with van der Waals surface area (Å²) in [6.07, 6.45) is 0. The maximum absolute atomic E-state index is 13.0. The Labute approximate surface area is 107 Å². The highest BCUT2D eigenvalue weighted by atomic mass is 35.5. The van der Waals surface area contributed by atoms with E-state index < -0.39 is 11.8 Å². The van der Waals surface area contributed by atoms with E-state index in [2.05, 4.69) is 4.98 Å². The van der Waals surface area contributed by atoms with Gasteiger partial charge in [0.15, 0.2) is 0 Å². The lowest BCUT2D eigenvalue weighted by Crippen LogP contribution is -2.02. The molecule has 0 spiro atoms. The number of aromatic carboxylic acids is 1. The van der Waals surface area contributed by atoms with Gasteiger partial charge >= 0.3 is 5.97 Å². The minimum Gasteiger partial charge on any atom is -0.477 e. The second kappa shape index (κ2) is 5.01. The molecule has 0 atom stereocenters. The number of aromatic nitrogens is 1. The lowest BCUT2D eigenvalue weighted by atomic mass is 10.3. The Balaban J connectivity index is 2.39. The molecular weight excluding hydrogens is 261 g/mol. The van der Waals surface area contributed by atoms with Gasteiger partial charge in [0, 0.05) is 6.07 Å². The molecule has 92 valence electrons. The molecule has 0 unspecified atom stereocenters. The van der Waals surface area contributed by atoms with Gasteiger partial charge in [-0.25, -0.2) is 14.2 Å². The first-order valence-electron chi connectivity index (χ1n) is 4.89. The lowest BCUT2D eigenvalue weighted by molar-refractivity contribution is 0.0693. The van der Waals surface area contributed by atoms with Crippen LogP contribution in [0.4, 0.5) is 4.39 Å². The van der Waals surface area contributed by atoms with Gasteiger partial charge in [0.1, 0.15) is 22.3 Å². The molecule has 2 aromatic rings. The van der Waals surface area contributed by atoms with Crippen molar-refractivity contribution in [2.75, 3.05) is 0 Å². The van der Waals surface area contributed by atoms with Crippen molar-refractivity contribution in [2.24, 2.45) is 0 Å². The van der Waals surface area contributed by atoms with Crippen LogP contribution >= 0.6 is 11.6 Å². The quantitative estimate of drug-likeness (QED) is 0.866. The Morgan fingerprint density at radius 3 is 2.78 bits per heavy atom. The maximum Gasteiger partial charge on any atom is 0.341 e. The summed E-state index contributed by atoms with van der Waals surface area (Å²) in [5, 5.41) is 9.04. The molecule has 1 heterocycles. The summed E-state index contributed by atoms with van der Waals surface area (Å²) in [5.74, 6) is -1.73. The Morgan fingerprint density at radius 1 is 1.33 bits per heavy atom. The number of carbonyl (C=O) groups is 1. The predicted molar refractivity (Wildman–Crippen MR) is 62.7 cm³/mol. The number of nitrogens with zero attached hydrogens (tertiary/aromatic N) is 1. The lowest BCUT2D eigenvalue weighted by Gasteiger charge is -2.07. The van der Waals surface area contributed by atoms with E-state index in [0.29, 0.717) is 0 Å². The fourth-order valence-electron chi connectivity index (χ4n) is 1.30. The van der Waals surface area contributed by atoms with Crippen LogP contribution in [0.15, 0.2) is 36.4 Å². The van der Waals surface area contributed by atoms with Gasteiger partial charge < -0.3 is 9.84 Å². The summed E-state index contributed by atoms with van der Waals surface area (Å²) >= 11 is 5.66. The highest BCUT2D eigenvalue weighted by Gasteiger charge is 2.14. The van der Waals surface area contributed by atoms with Crippen LogP contribution in [-0.4, -0.2) is 16.1 Å². The molecule has 0 fully saturated rings. The average Bonchev–Trinajstić information content (AvgIpc) is 2.28. The molecule has 2 rings (SSSR count). The van der Waals surface area contributed by atoms with Crippen LogP contribution in [0.2, 0.25) is 5.15 Å². The van der Waals surface area contributed by atoms with E-state index in [-0.39, 0.29) is 22.3 Å². The van der Waals surface area contributed by atoms with Crippen molar-refractivity contribution >= 4 is 17.6 Å². The first-order chi connectivity index (χ1) is 8.56. The monoisotopic (exact) mass is 267 g/mol. The van der Waals surface area contributed by atoms with Crippen molar-refractivity contribution in [3.63, 3.8) is 0 Å². The number of benzene rings is 1. The summed E-state index contributed by atoms with van der Waals surface area (Å²) in [6, 6.07) is 7.90. The van der Waals surface area contributed by atoms with Gasteiger partial charge in [-0.15, -0.1) is 0 Å². The third kappa shape index (κ3) is 2.75. The number of rotatable bonds is 3. The molecule has 0 bridgehead atoms. The zero-order chi connectivity index (χ0) is 13.1. The number of pyridine rings is 1. The Hall–Kier alpha value is -2.14. The molecule has 1 aromatic carbocycles. The molecule has 0 saturated carbocycles. The fourth-order valence-corrected chi connectivity index (χ4v) is 1.44. The zero-order valence-corrected chi connectivity index (χ0v) is 9.69. The zero-order valence-electron chi connectivity index (χ0n) is 8.93. The van der Waals surface area contributed by atoms with Crippen molar-refractivity contribution < 1.29 is 19.0 Å². The SMILES string of the molecule is O=C(O)c1ccc(Cl)nc1Oc1cccc(F)c1. The minimum absolute atomic E-state index is 0.0893.